The van der Waals surface area contributed by atoms with Crippen molar-refractivity contribution in [2.24, 2.45) is 5.92 Å². The Labute approximate surface area is 363 Å². The molecule has 2 aromatic carbocycles. The lowest BCUT2D eigenvalue weighted by molar-refractivity contribution is -0.147. The highest BCUT2D eigenvalue weighted by Gasteiger charge is 2.64. The predicted molar refractivity (Wildman–Crippen MR) is 229 cm³/mol. The van der Waals surface area contributed by atoms with Crippen molar-refractivity contribution < 1.29 is 42.1 Å². The van der Waals surface area contributed by atoms with Crippen LogP contribution in [0.15, 0.2) is 73.1 Å². The van der Waals surface area contributed by atoms with Gasteiger partial charge in [0, 0.05) is 29.4 Å². The molecule has 62 heavy (non-hydrogen) atoms. The molecule has 3 saturated heterocycles. The maximum atomic E-state index is 16.6. The number of likely N-dealkylation sites (tertiary alicyclic amines) is 1. The summed E-state index contributed by atoms with van der Waals surface area (Å²) in [5, 5.41) is 16.4. The molecule has 8 atom stereocenters. The molecule has 5 heterocycles. The average Bonchev–Trinajstić information content (AvgIpc) is 3.65. The molecule has 326 valence electrons. The first kappa shape index (κ1) is 43.3. The van der Waals surface area contributed by atoms with Crippen LogP contribution in [0, 0.1) is 17.2 Å². The van der Waals surface area contributed by atoms with Crippen molar-refractivity contribution in [3.63, 3.8) is 0 Å². The zero-order valence-corrected chi connectivity index (χ0v) is 36.5. The number of nitrogens with zero attached hydrogens (tertiary/aromatic N) is 4. The summed E-state index contributed by atoms with van der Waals surface area (Å²) in [4.78, 5) is 63.7. The largest absolute Gasteiger partial charge is 0.495 e. The second kappa shape index (κ2) is 17.8. The van der Waals surface area contributed by atoms with Gasteiger partial charge in [0.15, 0.2) is 0 Å². The number of nitriles is 1. The first-order valence-electron chi connectivity index (χ1n) is 21.2. The number of pyridine rings is 1. The third-order valence-electron chi connectivity index (χ3n) is 12.6. The van der Waals surface area contributed by atoms with Gasteiger partial charge in [0.05, 0.1) is 42.3 Å². The number of amides is 3. The highest BCUT2D eigenvalue weighted by Crippen LogP contribution is 2.59. The summed E-state index contributed by atoms with van der Waals surface area (Å²) in [7, 11) is -2.90. The lowest BCUT2D eigenvalue weighted by atomic mass is 9.85. The van der Waals surface area contributed by atoms with Gasteiger partial charge in [-0.25, -0.2) is 9.48 Å². The molecule has 1 unspecified atom stereocenters. The molecule has 2 aromatic heterocycles. The number of methoxy groups -OCH3 is 1. The number of aromatic nitrogens is 1. The summed E-state index contributed by atoms with van der Waals surface area (Å²) in [6.07, 6.45) is 8.28. The fourth-order valence-corrected chi connectivity index (χ4v) is 12.2. The van der Waals surface area contributed by atoms with E-state index in [2.05, 4.69) is 21.5 Å². The van der Waals surface area contributed by atoms with Crippen molar-refractivity contribution >= 4 is 52.6 Å². The summed E-state index contributed by atoms with van der Waals surface area (Å²) in [5.41, 5.74) is 0.255. The number of esters is 1. The summed E-state index contributed by atoms with van der Waals surface area (Å²) >= 11 is 1.17. The van der Waals surface area contributed by atoms with E-state index >= 15 is 4.39 Å². The monoisotopic (exact) mass is 884 g/mol. The molecule has 4 aliphatic rings. The fraction of sp³-hybridized carbons (Fsp3) is 0.467. The van der Waals surface area contributed by atoms with Crippen molar-refractivity contribution in [1.82, 2.24) is 25.2 Å². The number of hydrogen-bond acceptors (Lipinski definition) is 11. The van der Waals surface area contributed by atoms with Gasteiger partial charge in [-0.15, -0.1) is 11.3 Å². The highest BCUT2D eigenvalue weighted by atomic mass is 32.1. The Hall–Kier alpha value is -5.36. The van der Waals surface area contributed by atoms with E-state index in [0.717, 1.165) is 5.56 Å². The number of rotatable bonds is 14. The molecule has 1 saturated carbocycles. The molecular formula is C45H50FN6O8PS. The number of halogens is 1. The van der Waals surface area contributed by atoms with Gasteiger partial charge < -0.3 is 29.1 Å². The van der Waals surface area contributed by atoms with Gasteiger partial charge in [-0.1, -0.05) is 31.2 Å². The van der Waals surface area contributed by atoms with Crippen molar-refractivity contribution in [2.45, 2.75) is 107 Å². The second-order valence-electron chi connectivity index (χ2n) is 16.6. The van der Waals surface area contributed by atoms with Crippen LogP contribution in [-0.2, 0) is 23.7 Å². The van der Waals surface area contributed by atoms with Crippen LogP contribution in [0.5, 0.6) is 11.5 Å². The van der Waals surface area contributed by atoms with Gasteiger partial charge >= 0.3 is 13.5 Å². The molecule has 3 aliphatic heterocycles. The van der Waals surface area contributed by atoms with Gasteiger partial charge in [-0.05, 0) is 111 Å². The lowest BCUT2D eigenvalue weighted by Crippen LogP contribution is -2.56. The minimum absolute atomic E-state index is 0.0106. The minimum atomic E-state index is -4.46. The Morgan fingerprint density at radius 2 is 1.85 bits per heavy atom. The SMILES string of the molecule is CCCOC(=O)[C@H](C)NP(=O)(Oc1ccccc1)[C@@H](F)c1ccc2sc(C(=O)N[C@H]3CCC[C@H]4CC[C@@H](C(=O)N5C[C@H](c6cncc(OC)c6)[C@@H](C#N)C56CC6)N4C3=O)cc2c1. The van der Waals surface area contributed by atoms with E-state index in [-0.39, 0.29) is 46.6 Å². The van der Waals surface area contributed by atoms with Crippen LogP contribution in [0.2, 0.25) is 0 Å². The van der Waals surface area contributed by atoms with Crippen LogP contribution in [-0.4, -0.2) is 88.4 Å². The average molecular weight is 885 g/mol. The molecule has 0 radical (unpaired) electrons. The third-order valence-corrected chi connectivity index (χ3v) is 15.9. The summed E-state index contributed by atoms with van der Waals surface area (Å²) in [6.45, 7) is 3.76. The highest BCUT2D eigenvalue weighted by molar-refractivity contribution is 7.57. The second-order valence-corrected chi connectivity index (χ2v) is 19.8. The number of carbonyl (C=O) groups is 4. The number of hydrogen-bond donors (Lipinski definition) is 2. The van der Waals surface area contributed by atoms with Crippen molar-refractivity contribution in [3.8, 4) is 17.6 Å². The van der Waals surface area contributed by atoms with E-state index in [1.807, 2.05) is 17.9 Å². The Morgan fingerprint density at radius 3 is 2.58 bits per heavy atom. The van der Waals surface area contributed by atoms with Crippen LogP contribution in [0.4, 0.5) is 4.39 Å². The van der Waals surface area contributed by atoms with Crippen LogP contribution < -0.4 is 19.7 Å². The Morgan fingerprint density at radius 1 is 1.06 bits per heavy atom. The Balaban J connectivity index is 0.980. The number of alkyl halides is 1. The molecule has 4 fully saturated rings. The van der Waals surface area contributed by atoms with Crippen molar-refractivity contribution in [1.29, 1.82) is 5.26 Å². The molecule has 1 spiro atoms. The van der Waals surface area contributed by atoms with Gasteiger partial charge in [-0.3, -0.25) is 28.7 Å². The molecule has 0 bridgehead atoms. The van der Waals surface area contributed by atoms with E-state index < -0.39 is 54.9 Å². The Bertz CT molecular complexity index is 2440. The van der Waals surface area contributed by atoms with Crippen molar-refractivity contribution in [2.75, 3.05) is 20.3 Å². The summed E-state index contributed by atoms with van der Waals surface area (Å²) in [6, 6.07) is 15.8. The van der Waals surface area contributed by atoms with Crippen molar-refractivity contribution in [3.05, 3.63) is 89.1 Å². The zero-order chi connectivity index (χ0) is 43.8. The molecule has 2 N–H and O–H groups in total. The number of carbonyl (C=O) groups excluding carboxylic acids is 4. The first-order chi connectivity index (χ1) is 29.9. The standard InChI is InChI=1S/C45H50FN6O8PS/c1-4-19-59-44(56)27(2)50-61(57,60-32-10-6-5-7-11-32)40(46)28-13-16-38-29(20-28)22-39(62-38)41(53)49-36-12-8-9-31-14-15-37(52(31)42(36)54)43(55)51-26-34(35(23-47)45(51)17-18-45)30-21-33(58-3)25-48-24-30/h5-7,10-11,13,16,20-22,24-25,27,31,34-37,40H,4,8-9,12,14-15,17-19,26H2,1-3H3,(H,49,53)(H,50,57)/t27-,31-,34+,35+,36-,37-,40+,61?/m0/s1. The molecule has 1 aliphatic carbocycles. The van der Waals surface area contributed by atoms with Crippen LogP contribution in [0.25, 0.3) is 10.1 Å². The number of thiophene rings is 1. The molecular weight excluding hydrogens is 835 g/mol. The number of benzene rings is 2. The predicted octanol–water partition coefficient (Wildman–Crippen LogP) is 7.42. The van der Waals surface area contributed by atoms with E-state index in [9.17, 15) is 29.0 Å². The smallest absolute Gasteiger partial charge is 0.355 e. The van der Waals surface area contributed by atoms with Gasteiger partial charge in [0.2, 0.25) is 17.7 Å². The Kier molecular flexibility index (Phi) is 12.4. The fourth-order valence-electron chi connectivity index (χ4n) is 9.39. The molecule has 3 amide bonds. The van der Waals surface area contributed by atoms with Gasteiger partial charge in [0.1, 0.15) is 29.6 Å². The maximum Gasteiger partial charge on any atom is 0.355 e. The molecule has 8 rings (SSSR count). The molecule has 14 nitrogen and oxygen atoms in total. The minimum Gasteiger partial charge on any atom is -0.495 e. The van der Waals surface area contributed by atoms with Crippen LogP contribution >= 0.6 is 18.9 Å². The maximum absolute atomic E-state index is 16.6. The number of fused-ring (bicyclic) bond motifs is 2. The van der Waals surface area contributed by atoms with E-state index in [1.54, 1.807) is 54.7 Å². The summed E-state index contributed by atoms with van der Waals surface area (Å²) < 4.78 is 47.9. The van der Waals surface area contributed by atoms with Crippen LogP contribution in [0.3, 0.4) is 0 Å². The topological polar surface area (TPSA) is 180 Å². The number of para-hydroxylation sites is 1. The summed E-state index contributed by atoms with van der Waals surface area (Å²) in [5.74, 6) is -3.79. The normalized spacial score (nSPS) is 24.6. The van der Waals surface area contributed by atoms with E-state index in [0.29, 0.717) is 73.7 Å². The quantitative estimate of drug-likeness (QED) is 0.0951. The van der Waals surface area contributed by atoms with Gasteiger partial charge in [0.25, 0.3) is 5.91 Å². The first-order valence-corrected chi connectivity index (χ1v) is 23.7. The number of ether oxygens (including phenoxy) is 2. The van der Waals surface area contributed by atoms with E-state index in [1.165, 1.54) is 42.5 Å². The van der Waals surface area contributed by atoms with Crippen LogP contribution in [0.1, 0.15) is 97.8 Å². The van der Waals surface area contributed by atoms with E-state index in [4.69, 9.17) is 14.0 Å². The third kappa shape index (κ3) is 8.30. The zero-order valence-electron chi connectivity index (χ0n) is 34.8. The molecule has 17 heteroatoms. The lowest BCUT2D eigenvalue weighted by Gasteiger charge is -2.35. The number of nitrogens with one attached hydrogen (secondary N) is 2. The van der Waals surface area contributed by atoms with Gasteiger partial charge in [-0.2, -0.15) is 5.26 Å². The molecule has 4 aromatic rings.